The second-order valence-corrected chi connectivity index (χ2v) is 5.01. The van der Waals surface area contributed by atoms with E-state index in [2.05, 4.69) is 0 Å². The van der Waals surface area contributed by atoms with Crippen molar-refractivity contribution in [3.63, 3.8) is 0 Å². The molecule has 2 rings (SSSR count). The van der Waals surface area contributed by atoms with E-state index >= 15 is 0 Å². The molecule has 20 heavy (non-hydrogen) atoms. The van der Waals surface area contributed by atoms with E-state index in [1.165, 1.54) is 0 Å². The molecule has 0 saturated carbocycles. The zero-order valence-electron chi connectivity index (χ0n) is 11.0. The predicted molar refractivity (Wildman–Crippen MR) is 79.0 cm³/mol. The summed E-state index contributed by atoms with van der Waals surface area (Å²) in [5.74, 6) is -0.505. The van der Waals surface area contributed by atoms with Crippen LogP contribution in [0.4, 0.5) is 0 Å². The number of carbonyl (C=O) groups is 2. The number of ketones is 1. The van der Waals surface area contributed by atoms with Crippen molar-refractivity contribution in [3.05, 3.63) is 69.7 Å². The van der Waals surface area contributed by atoms with Crippen molar-refractivity contribution in [1.82, 2.24) is 0 Å². The zero-order valence-corrected chi connectivity index (χ0v) is 11.8. The molecule has 2 N–H and O–H groups in total. The lowest BCUT2D eigenvalue weighted by molar-refractivity contribution is -0.117. The number of carbonyl (C=O) groups excluding carboxylic acids is 2. The zero-order chi connectivity index (χ0) is 14.7. The minimum Gasteiger partial charge on any atom is -0.369 e. The summed E-state index contributed by atoms with van der Waals surface area (Å²) in [6, 6.07) is 12.0. The molecule has 0 aliphatic carbocycles. The first-order valence-corrected chi connectivity index (χ1v) is 6.54. The van der Waals surface area contributed by atoms with Crippen LogP contribution >= 0.6 is 11.6 Å². The van der Waals surface area contributed by atoms with Gasteiger partial charge in [0.15, 0.2) is 5.78 Å². The van der Waals surface area contributed by atoms with Crippen molar-refractivity contribution in [3.8, 4) is 0 Å². The van der Waals surface area contributed by atoms with Crippen LogP contribution in [0.15, 0.2) is 42.5 Å². The molecule has 2 aromatic carbocycles. The van der Waals surface area contributed by atoms with Gasteiger partial charge in [0, 0.05) is 16.1 Å². The van der Waals surface area contributed by atoms with Gasteiger partial charge in [-0.25, -0.2) is 0 Å². The van der Waals surface area contributed by atoms with Crippen molar-refractivity contribution in [1.29, 1.82) is 0 Å². The summed E-state index contributed by atoms with van der Waals surface area (Å²) in [6.07, 6.45) is 0.133. The summed E-state index contributed by atoms with van der Waals surface area (Å²) < 4.78 is 0. The smallest absolute Gasteiger partial charge is 0.221 e. The molecule has 0 aliphatic rings. The molecule has 4 heteroatoms. The maximum atomic E-state index is 12.5. The van der Waals surface area contributed by atoms with Gasteiger partial charge >= 0.3 is 0 Å². The second-order valence-electron chi connectivity index (χ2n) is 4.57. The van der Waals surface area contributed by atoms with E-state index in [1.807, 2.05) is 6.92 Å². The molecule has 0 radical (unpaired) electrons. The lowest BCUT2D eigenvalue weighted by Gasteiger charge is -2.09. The van der Waals surface area contributed by atoms with Crippen LogP contribution in [0.2, 0.25) is 5.02 Å². The topological polar surface area (TPSA) is 60.2 Å². The molecule has 0 heterocycles. The number of amides is 1. The van der Waals surface area contributed by atoms with Crippen molar-refractivity contribution >= 4 is 23.3 Å². The lowest BCUT2D eigenvalue weighted by Crippen LogP contribution is -2.15. The normalized spacial score (nSPS) is 10.3. The highest BCUT2D eigenvalue weighted by atomic mass is 35.5. The molecule has 0 spiro atoms. The van der Waals surface area contributed by atoms with Gasteiger partial charge in [0.2, 0.25) is 5.91 Å². The van der Waals surface area contributed by atoms with Crippen LogP contribution in [0, 0.1) is 6.92 Å². The van der Waals surface area contributed by atoms with Crippen molar-refractivity contribution in [2.24, 2.45) is 5.73 Å². The minimum atomic E-state index is -0.413. The largest absolute Gasteiger partial charge is 0.369 e. The Morgan fingerprint density at radius 1 is 1.10 bits per heavy atom. The summed E-state index contributed by atoms with van der Waals surface area (Å²) in [7, 11) is 0. The van der Waals surface area contributed by atoms with Crippen LogP contribution in [0.25, 0.3) is 0 Å². The van der Waals surface area contributed by atoms with E-state index in [-0.39, 0.29) is 12.2 Å². The van der Waals surface area contributed by atoms with Gasteiger partial charge < -0.3 is 5.73 Å². The monoisotopic (exact) mass is 287 g/mol. The molecule has 102 valence electrons. The summed E-state index contributed by atoms with van der Waals surface area (Å²) in [5, 5.41) is 0.584. The third kappa shape index (κ3) is 3.06. The molecule has 2 aromatic rings. The fourth-order valence-corrected chi connectivity index (χ4v) is 2.19. The standard InChI is InChI=1S/C16H14ClNO2/c1-10-12(9-15(18)19)3-2-4-14(10)16(20)11-5-7-13(17)8-6-11/h2-8H,9H2,1H3,(H2,18,19). The van der Waals surface area contributed by atoms with Gasteiger partial charge in [-0.1, -0.05) is 29.8 Å². The highest BCUT2D eigenvalue weighted by Gasteiger charge is 2.14. The number of nitrogens with two attached hydrogens (primary N) is 1. The van der Waals surface area contributed by atoms with E-state index in [1.54, 1.807) is 42.5 Å². The van der Waals surface area contributed by atoms with E-state index in [0.717, 1.165) is 11.1 Å². The Kier molecular flexibility index (Phi) is 4.20. The van der Waals surface area contributed by atoms with Crippen molar-refractivity contribution in [2.75, 3.05) is 0 Å². The summed E-state index contributed by atoms with van der Waals surface area (Å²) >= 11 is 5.81. The van der Waals surface area contributed by atoms with Crippen LogP contribution in [0.5, 0.6) is 0 Å². The Morgan fingerprint density at radius 2 is 1.75 bits per heavy atom. The molecule has 0 bridgehead atoms. The molecule has 1 amide bonds. The first-order valence-electron chi connectivity index (χ1n) is 6.16. The molecule has 0 atom stereocenters. The number of hydrogen-bond acceptors (Lipinski definition) is 2. The summed E-state index contributed by atoms with van der Waals surface area (Å²) in [4.78, 5) is 23.5. The van der Waals surface area contributed by atoms with Crippen LogP contribution in [-0.2, 0) is 11.2 Å². The average Bonchev–Trinajstić information content (AvgIpc) is 2.41. The van der Waals surface area contributed by atoms with Crippen LogP contribution in [0.1, 0.15) is 27.0 Å². The number of rotatable bonds is 4. The number of hydrogen-bond donors (Lipinski definition) is 1. The maximum absolute atomic E-state index is 12.5. The van der Waals surface area contributed by atoms with Gasteiger partial charge in [0.1, 0.15) is 0 Å². The summed E-state index contributed by atoms with van der Waals surface area (Å²) in [6.45, 7) is 1.82. The molecule has 3 nitrogen and oxygen atoms in total. The predicted octanol–water partition coefficient (Wildman–Crippen LogP) is 2.91. The molecule has 0 aromatic heterocycles. The van der Waals surface area contributed by atoms with Crippen LogP contribution in [-0.4, -0.2) is 11.7 Å². The Morgan fingerprint density at radius 3 is 2.35 bits per heavy atom. The Balaban J connectivity index is 2.39. The van der Waals surface area contributed by atoms with E-state index in [4.69, 9.17) is 17.3 Å². The SMILES string of the molecule is Cc1c(CC(N)=O)cccc1C(=O)c1ccc(Cl)cc1. The Hall–Kier alpha value is -2.13. The second kappa shape index (κ2) is 5.88. The Bertz CT molecular complexity index is 663. The quantitative estimate of drug-likeness (QED) is 0.879. The van der Waals surface area contributed by atoms with Gasteiger partial charge in [-0.05, 0) is 42.3 Å². The third-order valence-corrected chi connectivity index (χ3v) is 3.41. The van der Waals surface area contributed by atoms with Crippen molar-refractivity contribution in [2.45, 2.75) is 13.3 Å². The molecular formula is C16H14ClNO2. The highest BCUT2D eigenvalue weighted by Crippen LogP contribution is 2.19. The van der Waals surface area contributed by atoms with E-state index in [0.29, 0.717) is 16.1 Å². The first-order chi connectivity index (χ1) is 9.49. The maximum Gasteiger partial charge on any atom is 0.221 e. The Labute approximate surface area is 122 Å². The first kappa shape index (κ1) is 14.3. The van der Waals surface area contributed by atoms with Gasteiger partial charge in [-0.2, -0.15) is 0 Å². The fourth-order valence-electron chi connectivity index (χ4n) is 2.07. The molecular weight excluding hydrogens is 274 g/mol. The molecule has 0 saturated heterocycles. The number of benzene rings is 2. The molecule has 0 fully saturated rings. The van der Waals surface area contributed by atoms with Crippen LogP contribution in [0.3, 0.4) is 0 Å². The van der Waals surface area contributed by atoms with Gasteiger partial charge in [0.05, 0.1) is 6.42 Å². The summed E-state index contributed by atoms with van der Waals surface area (Å²) in [5.41, 5.74) is 7.91. The average molecular weight is 288 g/mol. The minimum absolute atomic E-state index is 0.0921. The van der Waals surface area contributed by atoms with Gasteiger partial charge in [0.25, 0.3) is 0 Å². The lowest BCUT2D eigenvalue weighted by atomic mass is 9.94. The third-order valence-electron chi connectivity index (χ3n) is 3.16. The van der Waals surface area contributed by atoms with Gasteiger partial charge in [-0.15, -0.1) is 0 Å². The van der Waals surface area contributed by atoms with E-state index < -0.39 is 5.91 Å². The van der Waals surface area contributed by atoms with Gasteiger partial charge in [-0.3, -0.25) is 9.59 Å². The number of halogens is 1. The molecule has 0 aliphatic heterocycles. The number of primary amides is 1. The van der Waals surface area contributed by atoms with Crippen molar-refractivity contribution < 1.29 is 9.59 Å². The fraction of sp³-hybridized carbons (Fsp3) is 0.125. The molecule has 0 unspecified atom stereocenters. The van der Waals surface area contributed by atoms with Crippen LogP contribution < -0.4 is 5.73 Å². The van der Waals surface area contributed by atoms with E-state index in [9.17, 15) is 9.59 Å². The highest BCUT2D eigenvalue weighted by molar-refractivity contribution is 6.30.